The predicted octanol–water partition coefficient (Wildman–Crippen LogP) is 2.34. The number of hydrogen-bond donors (Lipinski definition) is 2. The van der Waals surface area contributed by atoms with Crippen LogP contribution in [-0.2, 0) is 6.42 Å². The van der Waals surface area contributed by atoms with Crippen LogP contribution in [0.3, 0.4) is 0 Å². The van der Waals surface area contributed by atoms with Crippen LogP contribution in [0.5, 0.6) is 0 Å². The lowest BCUT2D eigenvalue weighted by Crippen LogP contribution is -2.07. The molecule has 0 aliphatic rings. The molecule has 0 fully saturated rings. The molecule has 1 heterocycles. The van der Waals surface area contributed by atoms with E-state index in [1.165, 1.54) is 11.1 Å². The van der Waals surface area contributed by atoms with Gasteiger partial charge in [0, 0.05) is 18.3 Å². The van der Waals surface area contributed by atoms with E-state index in [1.807, 2.05) is 6.07 Å². The normalized spacial score (nSPS) is 10.4. The van der Waals surface area contributed by atoms with Crippen LogP contribution in [-0.4, -0.2) is 16.5 Å². The molecular formula is C14H18N4. The number of nitrogens with zero attached hydrogens (tertiary/aromatic N) is 2. The minimum absolute atomic E-state index is 0.563. The highest BCUT2D eigenvalue weighted by Gasteiger charge is 2.00. The van der Waals surface area contributed by atoms with Gasteiger partial charge in [-0.05, 0) is 49.7 Å². The smallest absolute Gasteiger partial charge is 0.134 e. The summed E-state index contributed by atoms with van der Waals surface area (Å²) in [5.74, 6) is 1.57. The van der Waals surface area contributed by atoms with E-state index in [1.54, 1.807) is 6.20 Å². The van der Waals surface area contributed by atoms with Gasteiger partial charge in [0.1, 0.15) is 11.6 Å². The van der Waals surface area contributed by atoms with Gasteiger partial charge < -0.3 is 11.1 Å². The van der Waals surface area contributed by atoms with Gasteiger partial charge in [-0.15, -0.1) is 0 Å². The minimum Gasteiger partial charge on any atom is -0.340 e. The van der Waals surface area contributed by atoms with Gasteiger partial charge >= 0.3 is 0 Å². The molecule has 0 saturated heterocycles. The van der Waals surface area contributed by atoms with E-state index in [4.69, 9.17) is 5.73 Å². The molecule has 0 spiro atoms. The molecule has 0 radical (unpaired) electrons. The average Bonchev–Trinajstić information content (AvgIpc) is 2.28. The molecule has 4 heteroatoms. The number of rotatable bonds is 4. The lowest BCUT2D eigenvalue weighted by Gasteiger charge is -2.08. The number of hydrogen-bond acceptors (Lipinski definition) is 4. The molecular weight excluding hydrogens is 224 g/mol. The summed E-state index contributed by atoms with van der Waals surface area (Å²) in [7, 11) is 0. The molecule has 4 nitrogen and oxygen atoms in total. The zero-order valence-corrected chi connectivity index (χ0v) is 10.8. The van der Waals surface area contributed by atoms with E-state index in [9.17, 15) is 0 Å². The van der Waals surface area contributed by atoms with Gasteiger partial charge in [0.05, 0.1) is 0 Å². The highest BCUT2D eigenvalue weighted by Crippen LogP contribution is 2.17. The molecule has 0 aliphatic carbocycles. The Labute approximate surface area is 107 Å². The Bertz CT molecular complexity index is 517. The van der Waals surface area contributed by atoms with Crippen molar-refractivity contribution in [3.8, 4) is 0 Å². The summed E-state index contributed by atoms with van der Waals surface area (Å²) in [4.78, 5) is 8.59. The van der Waals surface area contributed by atoms with E-state index in [2.05, 4.69) is 47.3 Å². The fraction of sp³-hybridized carbons (Fsp3) is 0.286. The number of nitrogens with two attached hydrogens (primary N) is 1. The molecule has 18 heavy (non-hydrogen) atoms. The first-order valence-electron chi connectivity index (χ1n) is 6.04. The topological polar surface area (TPSA) is 63.8 Å². The van der Waals surface area contributed by atoms with Gasteiger partial charge in [0.25, 0.3) is 0 Å². The lowest BCUT2D eigenvalue weighted by atomic mass is 10.1. The minimum atomic E-state index is 0.563. The van der Waals surface area contributed by atoms with Gasteiger partial charge in [0.15, 0.2) is 0 Å². The fourth-order valence-electron chi connectivity index (χ4n) is 1.91. The van der Waals surface area contributed by atoms with Crippen molar-refractivity contribution in [1.82, 2.24) is 9.97 Å². The van der Waals surface area contributed by atoms with Gasteiger partial charge in [-0.3, -0.25) is 0 Å². The molecule has 0 amide bonds. The molecule has 1 aromatic carbocycles. The molecule has 0 saturated carbocycles. The highest BCUT2D eigenvalue weighted by molar-refractivity contribution is 5.57. The Morgan fingerprint density at radius 1 is 1.17 bits per heavy atom. The van der Waals surface area contributed by atoms with Crippen LogP contribution in [0.1, 0.15) is 17.0 Å². The maximum Gasteiger partial charge on any atom is 0.134 e. The Morgan fingerprint density at radius 2 is 1.89 bits per heavy atom. The van der Waals surface area contributed by atoms with Crippen molar-refractivity contribution in [2.45, 2.75) is 20.3 Å². The number of anilines is 2. The van der Waals surface area contributed by atoms with Crippen LogP contribution in [0.25, 0.3) is 0 Å². The van der Waals surface area contributed by atoms with E-state index in [0.717, 1.165) is 17.3 Å². The Kier molecular flexibility index (Phi) is 3.89. The third-order valence-electron chi connectivity index (χ3n) is 2.57. The van der Waals surface area contributed by atoms with Crippen molar-refractivity contribution < 1.29 is 0 Å². The largest absolute Gasteiger partial charge is 0.340 e. The standard InChI is InChI=1S/C14H18N4/c1-10-7-11(2)9-12(8-10)17-14-4-6-16-13(18-14)3-5-15/h4,6-9H,3,5,15H2,1-2H3,(H,16,17,18). The van der Waals surface area contributed by atoms with Crippen LogP contribution in [0.2, 0.25) is 0 Å². The van der Waals surface area contributed by atoms with Gasteiger partial charge in [-0.25, -0.2) is 9.97 Å². The molecule has 0 unspecified atom stereocenters. The number of benzene rings is 1. The summed E-state index contributed by atoms with van der Waals surface area (Å²) in [6.45, 7) is 4.73. The van der Waals surface area contributed by atoms with Gasteiger partial charge in [-0.1, -0.05) is 6.07 Å². The van der Waals surface area contributed by atoms with E-state index in [0.29, 0.717) is 13.0 Å². The zero-order chi connectivity index (χ0) is 13.0. The first-order chi connectivity index (χ1) is 8.67. The first kappa shape index (κ1) is 12.5. The first-order valence-corrected chi connectivity index (χ1v) is 6.04. The van der Waals surface area contributed by atoms with Crippen molar-refractivity contribution in [2.75, 3.05) is 11.9 Å². The predicted molar refractivity (Wildman–Crippen MR) is 74.0 cm³/mol. The Hall–Kier alpha value is -1.94. The SMILES string of the molecule is Cc1cc(C)cc(Nc2ccnc(CCN)n2)c1. The number of nitrogens with one attached hydrogen (secondary N) is 1. The van der Waals surface area contributed by atoms with Crippen molar-refractivity contribution >= 4 is 11.5 Å². The number of aromatic nitrogens is 2. The second kappa shape index (κ2) is 5.60. The molecule has 0 atom stereocenters. The molecule has 0 aliphatic heterocycles. The molecule has 1 aromatic heterocycles. The van der Waals surface area contributed by atoms with E-state index < -0.39 is 0 Å². The van der Waals surface area contributed by atoms with Crippen molar-refractivity contribution in [1.29, 1.82) is 0 Å². The molecule has 94 valence electrons. The molecule has 3 N–H and O–H groups in total. The second-order valence-corrected chi connectivity index (χ2v) is 4.40. The highest BCUT2D eigenvalue weighted by atomic mass is 15.0. The van der Waals surface area contributed by atoms with E-state index >= 15 is 0 Å². The summed E-state index contributed by atoms with van der Waals surface area (Å²) < 4.78 is 0. The number of aryl methyl sites for hydroxylation is 2. The van der Waals surface area contributed by atoms with Crippen LogP contribution in [0.4, 0.5) is 11.5 Å². The summed E-state index contributed by atoms with van der Waals surface area (Å²) >= 11 is 0. The van der Waals surface area contributed by atoms with Crippen LogP contribution in [0.15, 0.2) is 30.5 Å². The summed E-state index contributed by atoms with van der Waals surface area (Å²) in [6.07, 6.45) is 2.45. The van der Waals surface area contributed by atoms with Crippen LogP contribution in [0, 0.1) is 13.8 Å². The molecule has 2 rings (SSSR count). The third kappa shape index (κ3) is 3.28. The maximum atomic E-state index is 5.50. The fourth-order valence-corrected chi connectivity index (χ4v) is 1.91. The van der Waals surface area contributed by atoms with Crippen molar-refractivity contribution in [3.63, 3.8) is 0 Å². The summed E-state index contributed by atoms with van der Waals surface area (Å²) in [6, 6.07) is 8.19. The van der Waals surface area contributed by atoms with Gasteiger partial charge in [0.2, 0.25) is 0 Å². The lowest BCUT2D eigenvalue weighted by molar-refractivity contribution is 0.870. The summed E-state index contributed by atoms with van der Waals surface area (Å²) in [5, 5.41) is 3.29. The van der Waals surface area contributed by atoms with Crippen molar-refractivity contribution in [3.05, 3.63) is 47.4 Å². The maximum absolute atomic E-state index is 5.50. The zero-order valence-electron chi connectivity index (χ0n) is 10.8. The average molecular weight is 242 g/mol. The summed E-state index contributed by atoms with van der Waals surface area (Å²) in [5.41, 5.74) is 9.01. The quantitative estimate of drug-likeness (QED) is 0.863. The van der Waals surface area contributed by atoms with Crippen molar-refractivity contribution in [2.24, 2.45) is 5.73 Å². The second-order valence-electron chi connectivity index (χ2n) is 4.40. The van der Waals surface area contributed by atoms with Crippen LogP contribution < -0.4 is 11.1 Å². The van der Waals surface area contributed by atoms with Crippen LogP contribution >= 0.6 is 0 Å². The Morgan fingerprint density at radius 3 is 2.56 bits per heavy atom. The van der Waals surface area contributed by atoms with Gasteiger partial charge in [-0.2, -0.15) is 0 Å². The Balaban J connectivity index is 2.20. The molecule has 2 aromatic rings. The monoisotopic (exact) mass is 242 g/mol. The van der Waals surface area contributed by atoms with E-state index in [-0.39, 0.29) is 0 Å². The third-order valence-corrected chi connectivity index (χ3v) is 2.57. The molecule has 0 bridgehead atoms.